The van der Waals surface area contributed by atoms with Gasteiger partial charge < -0.3 is 10.2 Å². The SMILES string of the molecule is CC(C)S(=O)(=O)CCNC(=O)N(C)C1CCC(F)(F)CC1. The first kappa shape index (κ1) is 18.1. The number of sulfone groups is 1. The summed E-state index contributed by atoms with van der Waals surface area (Å²) in [4.78, 5) is 13.3. The topological polar surface area (TPSA) is 66.5 Å². The Labute approximate surface area is 125 Å². The first-order valence-electron chi connectivity index (χ1n) is 7.15. The third-order valence-electron chi connectivity index (χ3n) is 3.94. The summed E-state index contributed by atoms with van der Waals surface area (Å²) >= 11 is 0. The molecule has 21 heavy (non-hydrogen) atoms. The Bertz CT molecular complexity index is 456. The van der Waals surface area contributed by atoms with Gasteiger partial charge in [-0.2, -0.15) is 0 Å². The maximum absolute atomic E-state index is 13.1. The summed E-state index contributed by atoms with van der Waals surface area (Å²) in [5.74, 6) is -2.74. The fourth-order valence-electron chi connectivity index (χ4n) is 2.24. The number of amides is 2. The van der Waals surface area contributed by atoms with Crippen LogP contribution in [0.25, 0.3) is 0 Å². The number of nitrogens with one attached hydrogen (secondary N) is 1. The second-order valence-corrected chi connectivity index (χ2v) is 8.52. The molecule has 1 N–H and O–H groups in total. The molecule has 0 spiro atoms. The van der Waals surface area contributed by atoms with Crippen molar-refractivity contribution in [1.29, 1.82) is 0 Å². The van der Waals surface area contributed by atoms with Crippen molar-refractivity contribution in [3.05, 3.63) is 0 Å². The maximum Gasteiger partial charge on any atom is 0.317 e. The van der Waals surface area contributed by atoms with E-state index in [0.717, 1.165) is 0 Å². The second kappa shape index (κ2) is 6.89. The zero-order chi connectivity index (χ0) is 16.3. The van der Waals surface area contributed by atoms with Gasteiger partial charge in [0.1, 0.15) is 0 Å². The first-order valence-corrected chi connectivity index (χ1v) is 8.87. The van der Waals surface area contributed by atoms with E-state index < -0.39 is 27.0 Å². The summed E-state index contributed by atoms with van der Waals surface area (Å²) in [5.41, 5.74) is 0. The van der Waals surface area contributed by atoms with Gasteiger partial charge in [-0.05, 0) is 26.7 Å². The number of carbonyl (C=O) groups is 1. The fraction of sp³-hybridized carbons (Fsp3) is 0.923. The number of carbonyl (C=O) groups excluding carboxylic acids is 1. The van der Waals surface area contributed by atoms with Crippen molar-refractivity contribution in [3.8, 4) is 0 Å². The molecule has 0 aliphatic heterocycles. The average Bonchev–Trinajstić information content (AvgIpc) is 2.37. The molecule has 0 heterocycles. The summed E-state index contributed by atoms with van der Waals surface area (Å²) in [7, 11) is -1.64. The van der Waals surface area contributed by atoms with Gasteiger partial charge in [-0.3, -0.25) is 0 Å². The van der Waals surface area contributed by atoms with Crippen LogP contribution in [0.4, 0.5) is 13.6 Å². The van der Waals surface area contributed by atoms with E-state index in [4.69, 9.17) is 0 Å². The molecule has 8 heteroatoms. The van der Waals surface area contributed by atoms with Crippen molar-refractivity contribution in [1.82, 2.24) is 10.2 Å². The number of nitrogens with zero attached hydrogens (tertiary/aromatic N) is 1. The van der Waals surface area contributed by atoms with E-state index in [-0.39, 0.29) is 44.0 Å². The van der Waals surface area contributed by atoms with E-state index in [9.17, 15) is 22.0 Å². The van der Waals surface area contributed by atoms with Crippen LogP contribution in [0, 0.1) is 0 Å². The molecule has 1 aliphatic carbocycles. The minimum Gasteiger partial charge on any atom is -0.337 e. The van der Waals surface area contributed by atoms with Crippen LogP contribution in [0.15, 0.2) is 0 Å². The van der Waals surface area contributed by atoms with Gasteiger partial charge in [0, 0.05) is 32.5 Å². The van der Waals surface area contributed by atoms with Gasteiger partial charge in [0.05, 0.1) is 11.0 Å². The molecule has 124 valence electrons. The molecule has 5 nitrogen and oxygen atoms in total. The van der Waals surface area contributed by atoms with Crippen molar-refractivity contribution >= 4 is 15.9 Å². The Morgan fingerprint density at radius 1 is 1.33 bits per heavy atom. The number of halogens is 2. The van der Waals surface area contributed by atoms with Crippen LogP contribution < -0.4 is 5.32 Å². The van der Waals surface area contributed by atoms with E-state index in [1.165, 1.54) is 4.90 Å². The Hall–Kier alpha value is -0.920. The highest BCUT2D eigenvalue weighted by Crippen LogP contribution is 2.34. The van der Waals surface area contributed by atoms with Crippen LogP contribution in [0.2, 0.25) is 0 Å². The minimum atomic E-state index is -3.19. The predicted octanol–water partition coefficient (Wildman–Crippen LogP) is 2.03. The van der Waals surface area contributed by atoms with Crippen LogP contribution in [0.5, 0.6) is 0 Å². The number of alkyl halides is 2. The summed E-state index contributed by atoms with van der Waals surface area (Å²) < 4.78 is 49.3. The Morgan fingerprint density at radius 3 is 2.33 bits per heavy atom. The largest absolute Gasteiger partial charge is 0.337 e. The highest BCUT2D eigenvalue weighted by molar-refractivity contribution is 7.92. The molecule has 0 aromatic rings. The molecule has 1 saturated carbocycles. The lowest BCUT2D eigenvalue weighted by Crippen LogP contribution is -2.47. The van der Waals surface area contributed by atoms with E-state index >= 15 is 0 Å². The Balaban J connectivity index is 2.39. The highest BCUT2D eigenvalue weighted by Gasteiger charge is 2.37. The maximum atomic E-state index is 13.1. The zero-order valence-electron chi connectivity index (χ0n) is 12.7. The Kier molecular flexibility index (Phi) is 5.95. The van der Waals surface area contributed by atoms with Gasteiger partial charge in [-0.1, -0.05) is 0 Å². The van der Waals surface area contributed by atoms with Crippen molar-refractivity contribution in [3.63, 3.8) is 0 Å². The molecule has 0 atom stereocenters. The first-order chi connectivity index (χ1) is 9.55. The van der Waals surface area contributed by atoms with Gasteiger partial charge in [-0.25, -0.2) is 22.0 Å². The number of rotatable bonds is 5. The van der Waals surface area contributed by atoms with Gasteiger partial charge in [0.15, 0.2) is 9.84 Å². The van der Waals surface area contributed by atoms with Crippen molar-refractivity contribution in [2.75, 3.05) is 19.3 Å². The summed E-state index contributed by atoms with van der Waals surface area (Å²) in [6, 6.07) is -0.629. The lowest BCUT2D eigenvalue weighted by atomic mass is 9.91. The van der Waals surface area contributed by atoms with Gasteiger partial charge in [0.25, 0.3) is 0 Å². The molecule has 0 bridgehead atoms. The second-order valence-electron chi connectivity index (χ2n) is 5.85. The Morgan fingerprint density at radius 2 is 1.86 bits per heavy atom. The van der Waals surface area contributed by atoms with E-state index in [2.05, 4.69) is 5.32 Å². The number of hydrogen-bond donors (Lipinski definition) is 1. The molecule has 0 unspecified atom stereocenters. The molecule has 1 rings (SSSR count). The molecule has 0 aromatic heterocycles. The lowest BCUT2D eigenvalue weighted by molar-refractivity contribution is -0.0478. The van der Waals surface area contributed by atoms with Crippen LogP contribution in [-0.4, -0.2) is 55.9 Å². The fourth-order valence-corrected chi connectivity index (χ4v) is 3.10. The molecule has 1 aliphatic rings. The predicted molar refractivity (Wildman–Crippen MR) is 77.3 cm³/mol. The van der Waals surface area contributed by atoms with Crippen LogP contribution >= 0.6 is 0 Å². The lowest BCUT2D eigenvalue weighted by Gasteiger charge is -2.34. The average molecular weight is 326 g/mol. The zero-order valence-corrected chi connectivity index (χ0v) is 13.5. The van der Waals surface area contributed by atoms with Crippen molar-refractivity contribution in [2.45, 2.75) is 56.7 Å². The number of urea groups is 1. The molecule has 2 amide bonds. The van der Waals surface area contributed by atoms with E-state index in [0.29, 0.717) is 0 Å². The highest BCUT2D eigenvalue weighted by atomic mass is 32.2. The van der Waals surface area contributed by atoms with Crippen LogP contribution in [0.1, 0.15) is 39.5 Å². The third kappa shape index (κ3) is 5.41. The van der Waals surface area contributed by atoms with E-state index in [1.807, 2.05) is 0 Å². The van der Waals surface area contributed by atoms with Crippen molar-refractivity contribution in [2.24, 2.45) is 0 Å². The molecule has 1 fully saturated rings. The quantitative estimate of drug-likeness (QED) is 0.840. The van der Waals surface area contributed by atoms with Gasteiger partial charge in [-0.15, -0.1) is 0 Å². The van der Waals surface area contributed by atoms with Crippen molar-refractivity contribution < 1.29 is 22.0 Å². The number of hydrogen-bond acceptors (Lipinski definition) is 3. The molecule has 0 aromatic carbocycles. The normalized spacial score (nSPS) is 19.5. The monoisotopic (exact) mass is 326 g/mol. The molecular formula is C13H24F2N2O3S. The smallest absolute Gasteiger partial charge is 0.317 e. The summed E-state index contributed by atoms with van der Waals surface area (Å²) in [5, 5.41) is 2.05. The van der Waals surface area contributed by atoms with Crippen LogP contribution in [0.3, 0.4) is 0 Å². The molecule has 0 radical (unpaired) electrons. The van der Waals surface area contributed by atoms with E-state index in [1.54, 1.807) is 20.9 Å². The standard InChI is InChI=1S/C13H24F2N2O3S/c1-10(2)21(19,20)9-8-16-12(18)17(3)11-4-6-13(14,15)7-5-11/h10-11H,4-9H2,1-3H3,(H,16,18). The summed E-state index contributed by atoms with van der Waals surface area (Å²) in [6.07, 6.45) is 0.108. The van der Waals surface area contributed by atoms with Gasteiger partial charge >= 0.3 is 6.03 Å². The summed E-state index contributed by atoms with van der Waals surface area (Å²) in [6.45, 7) is 3.21. The molecule has 0 saturated heterocycles. The molecular weight excluding hydrogens is 302 g/mol. The van der Waals surface area contributed by atoms with Gasteiger partial charge in [0.2, 0.25) is 5.92 Å². The minimum absolute atomic E-state index is 0.0343. The third-order valence-corrected chi connectivity index (χ3v) is 6.15. The van der Waals surface area contributed by atoms with Crippen LogP contribution in [-0.2, 0) is 9.84 Å².